The molecule has 154 valence electrons. The molecule has 1 amide bonds. The normalized spacial score (nSPS) is 14.9. The van der Waals surface area contributed by atoms with Crippen LogP contribution in [0.1, 0.15) is 22.8 Å². The first-order chi connectivity index (χ1) is 13.7. The van der Waals surface area contributed by atoms with E-state index < -0.39 is 33.4 Å². The van der Waals surface area contributed by atoms with Gasteiger partial charge in [-0.2, -0.15) is 0 Å². The molecule has 0 aliphatic carbocycles. The van der Waals surface area contributed by atoms with Crippen LogP contribution in [0, 0.1) is 15.9 Å². The quantitative estimate of drug-likeness (QED) is 0.558. The monoisotopic (exact) mass is 406 g/mol. The lowest BCUT2D eigenvalue weighted by molar-refractivity contribution is -0.384. The lowest BCUT2D eigenvalue weighted by atomic mass is 10.0. The number of nitrogens with zero attached hydrogens (tertiary/aromatic N) is 3. The standard InChI is InChI=1S/C18H19FN4O6/c1-10(24)22-6-4-21(5-7-22)3-2-11-14(19)8-12-15(16(11)23(28)29)20-9-13(17(12)25)18(26)27/h8-9H,2-7H2,1H3,(H,20,25)(H,26,27). The molecular weight excluding hydrogens is 387 g/mol. The number of benzene rings is 1. The van der Waals surface area contributed by atoms with Gasteiger partial charge in [-0.05, 0) is 12.5 Å². The molecule has 0 bridgehead atoms. The molecule has 2 heterocycles. The van der Waals surface area contributed by atoms with Crippen molar-refractivity contribution >= 4 is 28.5 Å². The highest BCUT2D eigenvalue weighted by molar-refractivity contribution is 5.95. The molecule has 1 saturated heterocycles. The topological polar surface area (TPSA) is 137 Å². The third-order valence-electron chi connectivity index (χ3n) is 5.11. The Morgan fingerprint density at radius 3 is 2.52 bits per heavy atom. The van der Waals surface area contributed by atoms with Gasteiger partial charge in [-0.25, -0.2) is 9.18 Å². The number of fused-ring (bicyclic) bond motifs is 1. The summed E-state index contributed by atoms with van der Waals surface area (Å²) in [6, 6.07) is 0.844. The van der Waals surface area contributed by atoms with Crippen LogP contribution in [0.3, 0.4) is 0 Å². The number of carboxylic acid groups (broad SMARTS) is 1. The second-order valence-corrected chi connectivity index (χ2v) is 6.80. The van der Waals surface area contributed by atoms with Crippen LogP contribution < -0.4 is 5.43 Å². The second kappa shape index (κ2) is 7.95. The van der Waals surface area contributed by atoms with Crippen molar-refractivity contribution in [1.82, 2.24) is 14.8 Å². The number of nitrogens with one attached hydrogen (secondary N) is 1. The summed E-state index contributed by atoms with van der Waals surface area (Å²) in [5, 5.41) is 20.3. The predicted molar refractivity (Wildman–Crippen MR) is 101 cm³/mol. The van der Waals surface area contributed by atoms with Crippen molar-refractivity contribution in [2.75, 3.05) is 32.7 Å². The van der Waals surface area contributed by atoms with E-state index in [9.17, 15) is 28.9 Å². The lowest BCUT2D eigenvalue weighted by Gasteiger charge is -2.34. The van der Waals surface area contributed by atoms with Crippen LogP contribution in [0.15, 0.2) is 17.1 Å². The van der Waals surface area contributed by atoms with Gasteiger partial charge in [0, 0.05) is 45.8 Å². The largest absolute Gasteiger partial charge is 0.477 e. The summed E-state index contributed by atoms with van der Waals surface area (Å²) in [5.74, 6) is -2.46. The van der Waals surface area contributed by atoms with Gasteiger partial charge in [0.25, 0.3) is 5.69 Å². The molecule has 1 fully saturated rings. The van der Waals surface area contributed by atoms with Crippen molar-refractivity contribution < 1.29 is 24.0 Å². The average molecular weight is 406 g/mol. The highest BCUT2D eigenvalue weighted by atomic mass is 19.1. The first-order valence-corrected chi connectivity index (χ1v) is 8.93. The van der Waals surface area contributed by atoms with E-state index in [-0.39, 0.29) is 28.8 Å². The molecule has 0 spiro atoms. The van der Waals surface area contributed by atoms with E-state index in [1.54, 1.807) is 4.90 Å². The summed E-state index contributed by atoms with van der Waals surface area (Å²) in [6.45, 7) is 4.03. The summed E-state index contributed by atoms with van der Waals surface area (Å²) in [5.41, 5.74) is -2.54. The summed E-state index contributed by atoms with van der Waals surface area (Å²) < 4.78 is 14.7. The first kappa shape index (κ1) is 20.4. The number of aromatic amines is 1. The molecule has 2 N–H and O–H groups in total. The van der Waals surface area contributed by atoms with Crippen LogP contribution in [0.5, 0.6) is 0 Å². The number of H-pyrrole nitrogens is 1. The average Bonchev–Trinajstić information content (AvgIpc) is 2.66. The smallest absolute Gasteiger partial charge is 0.341 e. The summed E-state index contributed by atoms with van der Waals surface area (Å²) >= 11 is 0. The first-order valence-electron chi connectivity index (χ1n) is 8.93. The van der Waals surface area contributed by atoms with Gasteiger partial charge in [0.2, 0.25) is 11.3 Å². The van der Waals surface area contributed by atoms with Crippen molar-refractivity contribution in [1.29, 1.82) is 0 Å². The molecular formula is C18H19FN4O6. The van der Waals surface area contributed by atoms with E-state index in [2.05, 4.69) is 4.98 Å². The molecule has 0 unspecified atom stereocenters. The predicted octanol–water partition coefficient (Wildman–Crippen LogP) is 0.980. The molecule has 1 aromatic heterocycles. The Kier molecular flexibility index (Phi) is 5.59. The number of carboxylic acids is 1. The van der Waals surface area contributed by atoms with E-state index in [0.29, 0.717) is 32.7 Å². The molecule has 29 heavy (non-hydrogen) atoms. The molecule has 2 aromatic rings. The molecule has 0 radical (unpaired) electrons. The lowest BCUT2D eigenvalue weighted by Crippen LogP contribution is -2.48. The highest BCUT2D eigenvalue weighted by Crippen LogP contribution is 2.30. The van der Waals surface area contributed by atoms with Crippen molar-refractivity contribution in [3.63, 3.8) is 0 Å². The van der Waals surface area contributed by atoms with Crippen LogP contribution >= 0.6 is 0 Å². The van der Waals surface area contributed by atoms with E-state index in [4.69, 9.17) is 5.11 Å². The van der Waals surface area contributed by atoms with Crippen LogP contribution in [-0.4, -0.2) is 69.4 Å². The summed E-state index contributed by atoms with van der Waals surface area (Å²) in [6.07, 6.45) is 0.906. The van der Waals surface area contributed by atoms with Gasteiger partial charge in [-0.15, -0.1) is 0 Å². The highest BCUT2D eigenvalue weighted by Gasteiger charge is 2.27. The van der Waals surface area contributed by atoms with Crippen LogP contribution in [0.25, 0.3) is 10.9 Å². The Labute approximate surface area is 163 Å². The van der Waals surface area contributed by atoms with Gasteiger partial charge >= 0.3 is 5.97 Å². The third-order valence-corrected chi connectivity index (χ3v) is 5.11. The number of hydrogen-bond donors (Lipinski definition) is 2. The van der Waals surface area contributed by atoms with Gasteiger partial charge in [-0.1, -0.05) is 0 Å². The third kappa shape index (κ3) is 3.94. The van der Waals surface area contributed by atoms with Gasteiger partial charge < -0.3 is 15.0 Å². The van der Waals surface area contributed by atoms with E-state index >= 15 is 0 Å². The molecule has 1 aliphatic heterocycles. The second-order valence-electron chi connectivity index (χ2n) is 6.80. The molecule has 10 nitrogen and oxygen atoms in total. The zero-order valence-corrected chi connectivity index (χ0v) is 15.6. The fourth-order valence-corrected chi connectivity index (χ4v) is 3.51. The van der Waals surface area contributed by atoms with Crippen LogP contribution in [0.4, 0.5) is 10.1 Å². The molecule has 1 aromatic carbocycles. The Bertz CT molecular complexity index is 1060. The maximum absolute atomic E-state index is 14.7. The minimum absolute atomic E-state index is 0.0226. The molecule has 0 atom stereocenters. The van der Waals surface area contributed by atoms with Gasteiger partial charge in [0.05, 0.1) is 15.9 Å². The van der Waals surface area contributed by atoms with Crippen molar-refractivity contribution in [2.24, 2.45) is 0 Å². The number of nitro groups is 1. The Morgan fingerprint density at radius 1 is 1.31 bits per heavy atom. The fraction of sp³-hybridized carbons (Fsp3) is 0.389. The molecule has 1 aliphatic rings. The SMILES string of the molecule is CC(=O)N1CCN(CCc2c(F)cc3c(=O)c(C(=O)O)c[nH]c3c2[N+](=O)[O-])CC1. The zero-order chi connectivity index (χ0) is 21.3. The number of carbonyl (C=O) groups excluding carboxylic acids is 1. The van der Waals surface area contributed by atoms with Gasteiger partial charge in [0.15, 0.2) is 0 Å². The van der Waals surface area contributed by atoms with E-state index in [1.807, 2.05) is 4.90 Å². The maximum atomic E-state index is 14.7. The maximum Gasteiger partial charge on any atom is 0.341 e. The van der Waals surface area contributed by atoms with Crippen molar-refractivity contribution in [3.05, 3.63) is 49.5 Å². The number of aromatic carboxylic acids is 1. The fourth-order valence-electron chi connectivity index (χ4n) is 3.51. The Hall–Kier alpha value is -3.34. The minimum atomic E-state index is -1.51. The van der Waals surface area contributed by atoms with E-state index in [1.165, 1.54) is 6.92 Å². The number of nitro benzene ring substituents is 1. The van der Waals surface area contributed by atoms with Crippen molar-refractivity contribution in [2.45, 2.75) is 13.3 Å². The number of carbonyl (C=O) groups is 2. The summed E-state index contributed by atoms with van der Waals surface area (Å²) in [7, 11) is 0. The molecule has 11 heteroatoms. The number of pyridine rings is 1. The summed E-state index contributed by atoms with van der Waals surface area (Å²) in [4.78, 5) is 51.7. The number of aromatic nitrogens is 1. The number of rotatable bonds is 5. The minimum Gasteiger partial charge on any atom is -0.477 e. The number of hydrogen-bond acceptors (Lipinski definition) is 6. The van der Waals surface area contributed by atoms with Gasteiger partial charge in [-0.3, -0.25) is 24.6 Å². The van der Waals surface area contributed by atoms with Crippen LogP contribution in [-0.2, 0) is 11.2 Å². The molecule has 0 saturated carbocycles. The number of amides is 1. The molecule has 3 rings (SSSR count). The van der Waals surface area contributed by atoms with Crippen molar-refractivity contribution in [3.8, 4) is 0 Å². The number of piperazine rings is 1. The van der Waals surface area contributed by atoms with Gasteiger partial charge in [0.1, 0.15) is 16.9 Å². The van der Waals surface area contributed by atoms with Crippen LogP contribution in [0.2, 0.25) is 0 Å². The van der Waals surface area contributed by atoms with E-state index in [0.717, 1.165) is 12.3 Å². The Balaban J connectivity index is 1.93. The number of halogens is 1. The Morgan fingerprint density at radius 2 is 1.97 bits per heavy atom. The zero-order valence-electron chi connectivity index (χ0n) is 15.6.